The number of unbranched alkanes of at least 4 members (excludes halogenated alkanes) is 3. The largest absolute Gasteiger partial charge is 0.396 e. The van der Waals surface area contributed by atoms with Crippen LogP contribution in [0.2, 0.25) is 0 Å². The fourth-order valence-electron chi connectivity index (χ4n) is 1.21. The fraction of sp³-hybridized carbons (Fsp3) is 1.00. The van der Waals surface area contributed by atoms with Gasteiger partial charge in [0.1, 0.15) is 0 Å². The number of aliphatic hydroxyl groups is 1. The number of nitrogens with zero attached hydrogens (tertiary/aromatic N) is 1. The molecular weight excluding hydrogens is 150 g/mol. The van der Waals surface area contributed by atoms with E-state index < -0.39 is 0 Å². The van der Waals surface area contributed by atoms with Crippen LogP contribution in [0.25, 0.3) is 0 Å². The number of hydrogen-bond donors (Lipinski definition) is 1. The van der Waals surface area contributed by atoms with E-state index in [-0.39, 0.29) is 0 Å². The highest BCUT2D eigenvalue weighted by molar-refractivity contribution is 4.51. The molecule has 0 saturated carbocycles. The number of aliphatic hydroxyl groups excluding tert-OH is 1. The summed E-state index contributed by atoms with van der Waals surface area (Å²) in [5, 5.41) is 8.56. The lowest BCUT2D eigenvalue weighted by molar-refractivity contribution is 0.272. The molecule has 0 spiro atoms. The van der Waals surface area contributed by atoms with Crippen molar-refractivity contribution in [3.63, 3.8) is 0 Å². The van der Waals surface area contributed by atoms with Gasteiger partial charge < -0.3 is 10.0 Å². The lowest BCUT2D eigenvalue weighted by Gasteiger charge is -2.15. The van der Waals surface area contributed by atoms with Gasteiger partial charge in [-0.1, -0.05) is 13.3 Å². The van der Waals surface area contributed by atoms with Crippen LogP contribution >= 0.6 is 0 Å². The highest BCUT2D eigenvalue weighted by atomic mass is 16.2. The maximum atomic E-state index is 8.56. The molecule has 0 aliphatic rings. The second kappa shape index (κ2) is 9.01. The molecule has 0 aliphatic carbocycles. The van der Waals surface area contributed by atoms with Gasteiger partial charge in [-0.15, -0.1) is 0 Å². The van der Waals surface area contributed by atoms with E-state index in [2.05, 4.69) is 18.9 Å². The Balaban J connectivity index is 3.02. The third kappa shape index (κ3) is 8.02. The minimum atomic E-state index is 0.346. The van der Waals surface area contributed by atoms with Crippen molar-refractivity contribution in [2.45, 2.75) is 39.0 Å². The lowest BCUT2D eigenvalue weighted by Crippen LogP contribution is -2.20. The minimum absolute atomic E-state index is 0.346. The molecule has 0 radical (unpaired) electrons. The van der Waals surface area contributed by atoms with Gasteiger partial charge in [-0.2, -0.15) is 0 Å². The highest BCUT2D eigenvalue weighted by Crippen LogP contribution is 1.98. The van der Waals surface area contributed by atoms with E-state index in [0.717, 1.165) is 12.8 Å². The molecule has 2 nitrogen and oxygen atoms in total. The molecule has 0 atom stereocenters. The fourth-order valence-corrected chi connectivity index (χ4v) is 1.21. The van der Waals surface area contributed by atoms with E-state index in [4.69, 9.17) is 5.11 Å². The molecule has 0 amide bonds. The predicted molar refractivity (Wildman–Crippen MR) is 53.3 cm³/mol. The molecule has 0 aliphatic heterocycles. The summed E-state index contributed by atoms with van der Waals surface area (Å²) in [6, 6.07) is 0. The molecular formula is C10H23NO. The van der Waals surface area contributed by atoms with Crippen molar-refractivity contribution < 1.29 is 5.11 Å². The molecule has 0 rings (SSSR count). The van der Waals surface area contributed by atoms with Crippen molar-refractivity contribution in [2.75, 3.05) is 26.7 Å². The predicted octanol–water partition coefficient (Wildman–Crippen LogP) is 1.88. The zero-order chi connectivity index (χ0) is 9.23. The minimum Gasteiger partial charge on any atom is -0.396 e. The molecule has 0 aromatic rings. The molecule has 0 saturated heterocycles. The summed E-state index contributed by atoms with van der Waals surface area (Å²) in [6.07, 6.45) is 5.92. The number of hydrogen-bond acceptors (Lipinski definition) is 2. The molecule has 12 heavy (non-hydrogen) atoms. The quantitative estimate of drug-likeness (QED) is 0.566. The molecule has 0 fully saturated rings. The Bertz CT molecular complexity index is 85.9. The Labute approximate surface area is 76.6 Å². The van der Waals surface area contributed by atoms with Crippen LogP contribution in [0.15, 0.2) is 0 Å². The standard InChI is InChI=1S/C10H23NO/c1-3-4-8-11(2)9-6-5-7-10-12/h12H,3-10H2,1-2H3. The van der Waals surface area contributed by atoms with Crippen LogP contribution < -0.4 is 0 Å². The lowest BCUT2D eigenvalue weighted by atomic mass is 10.2. The van der Waals surface area contributed by atoms with Gasteiger partial charge in [0.2, 0.25) is 0 Å². The van der Waals surface area contributed by atoms with Crippen LogP contribution in [-0.2, 0) is 0 Å². The van der Waals surface area contributed by atoms with Gasteiger partial charge in [-0.3, -0.25) is 0 Å². The van der Waals surface area contributed by atoms with Crippen molar-refractivity contribution in [3.05, 3.63) is 0 Å². The number of rotatable bonds is 8. The van der Waals surface area contributed by atoms with Crippen LogP contribution in [0.5, 0.6) is 0 Å². The Hall–Kier alpha value is -0.0800. The van der Waals surface area contributed by atoms with Gasteiger partial charge in [0.25, 0.3) is 0 Å². The van der Waals surface area contributed by atoms with E-state index >= 15 is 0 Å². The van der Waals surface area contributed by atoms with Gasteiger partial charge in [0.05, 0.1) is 0 Å². The first-order valence-electron chi connectivity index (χ1n) is 5.10. The summed E-state index contributed by atoms with van der Waals surface area (Å²) in [5.41, 5.74) is 0. The maximum absolute atomic E-state index is 8.56. The Kier molecular flexibility index (Phi) is 8.95. The third-order valence-electron chi connectivity index (χ3n) is 2.09. The zero-order valence-corrected chi connectivity index (χ0v) is 8.55. The van der Waals surface area contributed by atoms with Gasteiger partial charge >= 0.3 is 0 Å². The van der Waals surface area contributed by atoms with Crippen LogP contribution in [0, 0.1) is 0 Å². The van der Waals surface area contributed by atoms with E-state index in [9.17, 15) is 0 Å². The molecule has 0 aromatic heterocycles. The molecule has 0 heterocycles. The Morgan fingerprint density at radius 3 is 2.25 bits per heavy atom. The van der Waals surface area contributed by atoms with Crippen molar-refractivity contribution in [1.29, 1.82) is 0 Å². The summed E-state index contributed by atoms with van der Waals surface area (Å²) >= 11 is 0. The Morgan fingerprint density at radius 1 is 1.00 bits per heavy atom. The average molecular weight is 173 g/mol. The summed E-state index contributed by atoms with van der Waals surface area (Å²) in [4.78, 5) is 2.38. The van der Waals surface area contributed by atoms with Crippen LogP contribution in [0.3, 0.4) is 0 Å². The average Bonchev–Trinajstić information content (AvgIpc) is 2.09. The van der Waals surface area contributed by atoms with Crippen LogP contribution in [0.1, 0.15) is 39.0 Å². The summed E-state index contributed by atoms with van der Waals surface area (Å²) < 4.78 is 0. The first kappa shape index (κ1) is 11.9. The van der Waals surface area contributed by atoms with Gasteiger partial charge in [-0.05, 0) is 45.8 Å². The summed E-state index contributed by atoms with van der Waals surface area (Å²) in [6.45, 7) is 4.97. The molecule has 74 valence electrons. The smallest absolute Gasteiger partial charge is 0.0431 e. The van der Waals surface area contributed by atoms with Crippen molar-refractivity contribution in [2.24, 2.45) is 0 Å². The van der Waals surface area contributed by atoms with E-state index in [1.807, 2.05) is 0 Å². The summed E-state index contributed by atoms with van der Waals surface area (Å²) in [5.74, 6) is 0. The van der Waals surface area contributed by atoms with Crippen molar-refractivity contribution in [1.82, 2.24) is 4.90 Å². The highest BCUT2D eigenvalue weighted by Gasteiger charge is 1.96. The topological polar surface area (TPSA) is 23.5 Å². The van der Waals surface area contributed by atoms with E-state index in [1.165, 1.54) is 32.4 Å². The van der Waals surface area contributed by atoms with Crippen LogP contribution in [0.4, 0.5) is 0 Å². The molecule has 2 heteroatoms. The summed E-state index contributed by atoms with van der Waals surface area (Å²) in [7, 11) is 2.18. The third-order valence-corrected chi connectivity index (χ3v) is 2.09. The zero-order valence-electron chi connectivity index (χ0n) is 8.55. The Morgan fingerprint density at radius 2 is 1.67 bits per heavy atom. The molecule has 1 N–H and O–H groups in total. The molecule has 0 unspecified atom stereocenters. The maximum Gasteiger partial charge on any atom is 0.0431 e. The molecule has 0 aromatic carbocycles. The van der Waals surface area contributed by atoms with Crippen molar-refractivity contribution in [3.8, 4) is 0 Å². The SMILES string of the molecule is CCCCN(C)CCCCCO. The second-order valence-corrected chi connectivity index (χ2v) is 3.44. The van der Waals surface area contributed by atoms with Gasteiger partial charge in [0.15, 0.2) is 0 Å². The van der Waals surface area contributed by atoms with Gasteiger partial charge in [-0.25, -0.2) is 0 Å². The molecule has 0 bridgehead atoms. The normalized spacial score (nSPS) is 11.0. The van der Waals surface area contributed by atoms with E-state index in [0.29, 0.717) is 6.61 Å². The second-order valence-electron chi connectivity index (χ2n) is 3.44. The monoisotopic (exact) mass is 173 g/mol. The van der Waals surface area contributed by atoms with Crippen molar-refractivity contribution >= 4 is 0 Å². The van der Waals surface area contributed by atoms with Crippen LogP contribution in [-0.4, -0.2) is 36.8 Å². The van der Waals surface area contributed by atoms with E-state index in [1.54, 1.807) is 0 Å². The van der Waals surface area contributed by atoms with Gasteiger partial charge in [0, 0.05) is 6.61 Å². The first-order valence-corrected chi connectivity index (χ1v) is 5.10. The first-order chi connectivity index (χ1) is 5.81.